The van der Waals surface area contributed by atoms with Crippen LogP contribution in [-0.2, 0) is 18.4 Å². The molecule has 14 heavy (non-hydrogen) atoms. The molecule has 0 aromatic carbocycles. The first kappa shape index (κ1) is 10.7. The molecule has 0 aliphatic heterocycles. The molecule has 0 atom stereocenters. The summed E-state index contributed by atoms with van der Waals surface area (Å²) in [6.07, 6.45) is 2.99. The van der Waals surface area contributed by atoms with E-state index in [4.69, 9.17) is 5.73 Å². The molecule has 0 fully saturated rings. The van der Waals surface area contributed by atoms with Gasteiger partial charge in [-0.3, -0.25) is 9.48 Å². The minimum Gasteiger partial charge on any atom is -0.370 e. The van der Waals surface area contributed by atoms with Crippen LogP contribution in [0.4, 0.5) is 0 Å². The zero-order valence-corrected chi connectivity index (χ0v) is 8.36. The maximum Gasteiger partial charge on any atom is 0.217 e. The van der Waals surface area contributed by atoms with Crippen LogP contribution in [0.5, 0.6) is 0 Å². The Hall–Kier alpha value is -1.36. The fourth-order valence-corrected chi connectivity index (χ4v) is 1.18. The highest BCUT2D eigenvalue weighted by atomic mass is 16.1. The van der Waals surface area contributed by atoms with Gasteiger partial charge in [-0.25, -0.2) is 0 Å². The number of nitrogens with zero attached hydrogens (tertiary/aromatic N) is 2. The number of amides is 1. The molecule has 0 spiro atoms. The fraction of sp³-hybridized carbons (Fsp3) is 0.556. The van der Waals surface area contributed by atoms with Crippen LogP contribution in [0.1, 0.15) is 18.5 Å². The minimum absolute atomic E-state index is 0.243. The van der Waals surface area contributed by atoms with Crippen molar-refractivity contribution in [1.29, 1.82) is 0 Å². The van der Waals surface area contributed by atoms with Gasteiger partial charge in [0.25, 0.3) is 0 Å². The highest BCUT2D eigenvalue weighted by molar-refractivity contribution is 5.73. The van der Waals surface area contributed by atoms with Gasteiger partial charge >= 0.3 is 0 Å². The number of hydrogen-bond acceptors (Lipinski definition) is 3. The van der Waals surface area contributed by atoms with Crippen LogP contribution in [0, 0.1) is 0 Å². The first-order chi connectivity index (χ1) is 6.70. The summed E-state index contributed by atoms with van der Waals surface area (Å²) in [5.41, 5.74) is 6.14. The van der Waals surface area contributed by atoms with E-state index >= 15 is 0 Å². The lowest BCUT2D eigenvalue weighted by molar-refractivity contribution is -0.118. The van der Waals surface area contributed by atoms with Gasteiger partial charge in [0.2, 0.25) is 5.91 Å². The Morgan fingerprint density at radius 3 is 3.07 bits per heavy atom. The summed E-state index contributed by atoms with van der Waals surface area (Å²) >= 11 is 0. The van der Waals surface area contributed by atoms with Crippen LogP contribution in [0.15, 0.2) is 12.3 Å². The van der Waals surface area contributed by atoms with E-state index < -0.39 is 0 Å². The van der Waals surface area contributed by atoms with Crippen LogP contribution in [0.25, 0.3) is 0 Å². The maximum absolute atomic E-state index is 10.4. The molecule has 0 aliphatic carbocycles. The quantitative estimate of drug-likeness (QED) is 0.617. The van der Waals surface area contributed by atoms with E-state index in [-0.39, 0.29) is 5.91 Å². The lowest BCUT2D eigenvalue weighted by atomic mass is 10.3. The van der Waals surface area contributed by atoms with Crippen molar-refractivity contribution in [3.05, 3.63) is 18.0 Å². The Morgan fingerprint density at radius 1 is 1.71 bits per heavy atom. The molecule has 0 saturated heterocycles. The predicted octanol–water partition coefficient (Wildman–Crippen LogP) is -0.225. The lowest BCUT2D eigenvalue weighted by Crippen LogP contribution is -2.19. The SMILES string of the molecule is Cn1nccc1CNCCCC(N)=O. The van der Waals surface area contributed by atoms with Crippen LogP contribution in [-0.4, -0.2) is 22.2 Å². The average molecular weight is 196 g/mol. The molecule has 1 amide bonds. The van der Waals surface area contributed by atoms with E-state index in [0.29, 0.717) is 6.42 Å². The van der Waals surface area contributed by atoms with E-state index in [1.165, 1.54) is 0 Å². The highest BCUT2D eigenvalue weighted by Crippen LogP contribution is 1.95. The number of primary amides is 1. The van der Waals surface area contributed by atoms with E-state index in [9.17, 15) is 4.79 Å². The van der Waals surface area contributed by atoms with Crippen molar-refractivity contribution >= 4 is 5.91 Å². The molecule has 5 nitrogen and oxygen atoms in total. The molecule has 5 heteroatoms. The van der Waals surface area contributed by atoms with Gasteiger partial charge < -0.3 is 11.1 Å². The number of hydrogen-bond donors (Lipinski definition) is 2. The van der Waals surface area contributed by atoms with Crippen LogP contribution in [0.3, 0.4) is 0 Å². The Labute approximate surface area is 83.3 Å². The van der Waals surface area contributed by atoms with Gasteiger partial charge in [0.15, 0.2) is 0 Å². The highest BCUT2D eigenvalue weighted by Gasteiger charge is 1.97. The molecule has 1 aromatic heterocycles. The molecule has 0 bridgehead atoms. The van der Waals surface area contributed by atoms with Crippen LogP contribution in [0.2, 0.25) is 0 Å². The molecular formula is C9H16N4O. The molecule has 1 rings (SSSR count). The van der Waals surface area contributed by atoms with Gasteiger partial charge in [0, 0.05) is 26.2 Å². The number of aromatic nitrogens is 2. The largest absolute Gasteiger partial charge is 0.370 e. The third kappa shape index (κ3) is 3.57. The summed E-state index contributed by atoms with van der Waals surface area (Å²) in [4.78, 5) is 10.4. The van der Waals surface area contributed by atoms with E-state index in [1.807, 2.05) is 17.8 Å². The Morgan fingerprint density at radius 2 is 2.50 bits per heavy atom. The maximum atomic E-state index is 10.4. The van der Waals surface area contributed by atoms with Gasteiger partial charge in [-0.1, -0.05) is 0 Å². The van der Waals surface area contributed by atoms with Crippen LogP contribution < -0.4 is 11.1 Å². The van der Waals surface area contributed by atoms with Gasteiger partial charge in [0.1, 0.15) is 0 Å². The zero-order valence-electron chi connectivity index (χ0n) is 8.36. The topological polar surface area (TPSA) is 72.9 Å². The third-order valence-electron chi connectivity index (χ3n) is 2.01. The smallest absolute Gasteiger partial charge is 0.217 e. The molecule has 0 aliphatic rings. The number of nitrogens with one attached hydrogen (secondary N) is 1. The third-order valence-corrected chi connectivity index (χ3v) is 2.01. The van der Waals surface area contributed by atoms with Gasteiger partial charge in [-0.05, 0) is 19.0 Å². The number of carbonyl (C=O) groups is 1. The fourth-order valence-electron chi connectivity index (χ4n) is 1.18. The molecule has 1 aromatic rings. The van der Waals surface area contributed by atoms with Gasteiger partial charge in [0.05, 0.1) is 5.69 Å². The van der Waals surface area contributed by atoms with Crippen molar-refractivity contribution in [2.75, 3.05) is 6.54 Å². The predicted molar refractivity (Wildman–Crippen MR) is 53.3 cm³/mol. The second kappa shape index (κ2) is 5.39. The van der Waals surface area contributed by atoms with Crippen molar-refractivity contribution in [2.24, 2.45) is 12.8 Å². The standard InChI is InChI=1S/C9H16N4O/c1-13-8(4-6-12-13)7-11-5-2-3-9(10)14/h4,6,11H,2-3,5,7H2,1H3,(H2,10,14). The lowest BCUT2D eigenvalue weighted by Gasteiger charge is -2.03. The summed E-state index contributed by atoms with van der Waals surface area (Å²) in [5, 5.41) is 7.26. The number of nitrogens with two attached hydrogens (primary N) is 1. The Balaban J connectivity index is 2.10. The molecule has 0 radical (unpaired) electrons. The van der Waals surface area contributed by atoms with Crippen molar-refractivity contribution in [3.8, 4) is 0 Å². The van der Waals surface area contributed by atoms with Crippen LogP contribution >= 0.6 is 0 Å². The summed E-state index contributed by atoms with van der Waals surface area (Å²) in [7, 11) is 1.90. The van der Waals surface area contributed by atoms with Crippen molar-refractivity contribution in [1.82, 2.24) is 15.1 Å². The van der Waals surface area contributed by atoms with E-state index in [0.717, 1.165) is 25.2 Å². The summed E-state index contributed by atoms with van der Waals surface area (Å²) in [6.45, 7) is 1.57. The second-order valence-corrected chi connectivity index (χ2v) is 3.19. The Bertz CT molecular complexity index is 295. The molecule has 78 valence electrons. The first-order valence-corrected chi connectivity index (χ1v) is 4.66. The van der Waals surface area contributed by atoms with Crippen molar-refractivity contribution in [3.63, 3.8) is 0 Å². The van der Waals surface area contributed by atoms with E-state index in [1.54, 1.807) is 6.20 Å². The van der Waals surface area contributed by atoms with Gasteiger partial charge in [-0.2, -0.15) is 5.10 Å². The van der Waals surface area contributed by atoms with E-state index in [2.05, 4.69) is 10.4 Å². The van der Waals surface area contributed by atoms with Crippen molar-refractivity contribution in [2.45, 2.75) is 19.4 Å². The molecule has 0 unspecified atom stereocenters. The summed E-state index contributed by atoms with van der Waals surface area (Å²) in [5.74, 6) is -0.243. The number of carbonyl (C=O) groups excluding carboxylic acids is 1. The van der Waals surface area contributed by atoms with Crippen molar-refractivity contribution < 1.29 is 4.79 Å². The molecule has 1 heterocycles. The summed E-state index contributed by atoms with van der Waals surface area (Å²) < 4.78 is 1.82. The van der Waals surface area contributed by atoms with Gasteiger partial charge in [-0.15, -0.1) is 0 Å². The molecule has 0 saturated carbocycles. The summed E-state index contributed by atoms with van der Waals surface area (Å²) in [6, 6.07) is 1.96. The normalized spacial score (nSPS) is 10.4. The zero-order chi connectivity index (χ0) is 10.4. The number of aryl methyl sites for hydroxylation is 1. The number of rotatable bonds is 6. The second-order valence-electron chi connectivity index (χ2n) is 3.19. The average Bonchev–Trinajstić information content (AvgIpc) is 2.51. The minimum atomic E-state index is -0.243. The Kier molecular flexibility index (Phi) is 4.12. The molecule has 3 N–H and O–H groups in total. The first-order valence-electron chi connectivity index (χ1n) is 4.66. The monoisotopic (exact) mass is 196 g/mol. The molecular weight excluding hydrogens is 180 g/mol.